The monoisotopic (exact) mass is 423 g/mol. The molecule has 0 aliphatic carbocycles. The Balaban J connectivity index is 2.21. The highest BCUT2D eigenvalue weighted by molar-refractivity contribution is 7.89. The van der Waals surface area contributed by atoms with Crippen LogP contribution < -0.4 is 5.32 Å². The second-order valence-corrected chi connectivity index (χ2v) is 10.1. The fourth-order valence-corrected chi connectivity index (χ4v) is 5.77. The predicted molar refractivity (Wildman–Crippen MR) is 113 cm³/mol. The Morgan fingerprint density at radius 1 is 0.966 bits per heavy atom. The van der Waals surface area contributed by atoms with Crippen LogP contribution in [-0.2, 0) is 19.6 Å². The van der Waals surface area contributed by atoms with Gasteiger partial charge in [-0.2, -0.15) is 4.31 Å². The van der Waals surface area contributed by atoms with Crippen LogP contribution >= 0.6 is 0 Å². The van der Waals surface area contributed by atoms with Crippen LogP contribution in [0.25, 0.3) is 0 Å². The summed E-state index contributed by atoms with van der Waals surface area (Å²) in [6, 6.07) is 1.41. The van der Waals surface area contributed by atoms with E-state index >= 15 is 0 Å². The summed E-state index contributed by atoms with van der Waals surface area (Å²) in [4.78, 5) is 26.3. The van der Waals surface area contributed by atoms with Gasteiger partial charge in [-0.15, -0.1) is 0 Å². The first-order chi connectivity index (χ1) is 13.4. The molecule has 0 radical (unpaired) electrons. The smallest absolute Gasteiger partial charge is 0.245 e. The summed E-state index contributed by atoms with van der Waals surface area (Å²) in [7, 11) is -3.65. The summed E-state index contributed by atoms with van der Waals surface area (Å²) < 4.78 is 28.2. The number of nitrogens with one attached hydrogen (secondary N) is 1. The van der Waals surface area contributed by atoms with E-state index in [4.69, 9.17) is 0 Å². The number of benzene rings is 1. The van der Waals surface area contributed by atoms with Gasteiger partial charge in [0.05, 0.1) is 4.90 Å². The SMILES string of the molecule is CC(=O)NC(C(=O)N1CCN(S(=O)(=O)c2c(C)c(C)cc(C)c2C)CC1)C(C)C. The molecule has 1 N–H and O–H groups in total. The maximum absolute atomic E-state index is 13.4. The highest BCUT2D eigenvalue weighted by Crippen LogP contribution is 2.29. The number of hydrogen-bond donors (Lipinski definition) is 1. The van der Waals surface area contributed by atoms with Crippen LogP contribution in [0.15, 0.2) is 11.0 Å². The lowest BCUT2D eigenvalue weighted by atomic mass is 10.0. The molecule has 2 rings (SSSR count). The van der Waals surface area contributed by atoms with Gasteiger partial charge in [-0.3, -0.25) is 9.59 Å². The molecule has 1 atom stereocenters. The Morgan fingerprint density at radius 3 is 1.86 bits per heavy atom. The van der Waals surface area contributed by atoms with Crippen LogP contribution in [0.2, 0.25) is 0 Å². The van der Waals surface area contributed by atoms with Crippen LogP contribution in [0, 0.1) is 33.6 Å². The molecule has 0 saturated carbocycles. The number of aryl methyl sites for hydroxylation is 2. The van der Waals surface area contributed by atoms with Gasteiger partial charge in [0.2, 0.25) is 21.8 Å². The number of piperazine rings is 1. The molecular weight excluding hydrogens is 390 g/mol. The molecule has 1 aromatic rings. The molecule has 1 saturated heterocycles. The molecule has 1 aromatic carbocycles. The van der Waals surface area contributed by atoms with E-state index in [1.54, 1.807) is 4.90 Å². The van der Waals surface area contributed by atoms with E-state index in [1.165, 1.54) is 11.2 Å². The Hall–Kier alpha value is -1.93. The number of carbonyl (C=O) groups excluding carboxylic acids is 2. The highest BCUT2D eigenvalue weighted by atomic mass is 32.2. The van der Waals surface area contributed by atoms with Crippen molar-refractivity contribution in [2.45, 2.75) is 59.4 Å². The Kier molecular flexibility index (Phi) is 7.11. The van der Waals surface area contributed by atoms with Crippen molar-refractivity contribution in [2.75, 3.05) is 26.2 Å². The lowest BCUT2D eigenvalue weighted by molar-refractivity contribution is -0.138. The summed E-state index contributed by atoms with van der Waals surface area (Å²) in [6.07, 6.45) is 0. The van der Waals surface area contributed by atoms with E-state index in [9.17, 15) is 18.0 Å². The standard InChI is InChI=1S/C21H33N3O4S/c1-13(2)19(22-18(7)25)21(26)23-8-10-24(11-9-23)29(27,28)20-16(5)14(3)12-15(4)17(20)6/h12-13,19H,8-11H2,1-7H3,(H,22,25). The topological polar surface area (TPSA) is 86.8 Å². The number of carbonyl (C=O) groups is 2. The van der Waals surface area contributed by atoms with Crippen LogP contribution in [0.3, 0.4) is 0 Å². The third kappa shape index (κ3) is 4.80. The Morgan fingerprint density at radius 2 is 1.45 bits per heavy atom. The fourth-order valence-electron chi connectivity index (χ4n) is 3.77. The van der Waals surface area contributed by atoms with Crippen molar-refractivity contribution < 1.29 is 18.0 Å². The zero-order valence-electron chi connectivity index (χ0n) is 18.5. The van der Waals surface area contributed by atoms with E-state index in [2.05, 4.69) is 5.32 Å². The van der Waals surface area contributed by atoms with Crippen LogP contribution in [0.1, 0.15) is 43.0 Å². The summed E-state index contributed by atoms with van der Waals surface area (Å²) in [5.74, 6) is -0.459. The largest absolute Gasteiger partial charge is 0.344 e. The average molecular weight is 424 g/mol. The lowest BCUT2D eigenvalue weighted by Gasteiger charge is -2.37. The molecule has 29 heavy (non-hydrogen) atoms. The molecular formula is C21H33N3O4S. The number of amides is 2. The molecule has 8 heteroatoms. The number of nitrogens with zero attached hydrogens (tertiary/aromatic N) is 2. The molecule has 162 valence electrons. The molecule has 7 nitrogen and oxygen atoms in total. The van der Waals surface area contributed by atoms with Gasteiger partial charge in [0.25, 0.3) is 0 Å². The van der Waals surface area contributed by atoms with Crippen LogP contribution in [0.5, 0.6) is 0 Å². The first-order valence-corrected chi connectivity index (χ1v) is 11.4. The minimum atomic E-state index is -3.65. The third-order valence-electron chi connectivity index (χ3n) is 5.74. The molecule has 2 amide bonds. The van der Waals surface area contributed by atoms with Gasteiger partial charge in [-0.25, -0.2) is 8.42 Å². The molecule has 1 aliphatic rings. The van der Waals surface area contributed by atoms with Crippen molar-refractivity contribution in [1.29, 1.82) is 0 Å². The van der Waals surface area contributed by atoms with Gasteiger partial charge >= 0.3 is 0 Å². The summed E-state index contributed by atoms with van der Waals surface area (Å²) in [5, 5.41) is 2.71. The van der Waals surface area contributed by atoms with E-state index in [-0.39, 0.29) is 30.8 Å². The summed E-state index contributed by atoms with van der Waals surface area (Å²) >= 11 is 0. The normalized spacial score (nSPS) is 16.8. The first kappa shape index (κ1) is 23.3. The Bertz CT molecular complexity index is 875. The zero-order valence-corrected chi connectivity index (χ0v) is 19.3. The average Bonchev–Trinajstić information content (AvgIpc) is 2.63. The molecule has 1 heterocycles. The molecule has 1 fully saturated rings. The first-order valence-electron chi connectivity index (χ1n) is 10.0. The molecule has 0 aromatic heterocycles. The van der Waals surface area contributed by atoms with Crippen molar-refractivity contribution in [2.24, 2.45) is 5.92 Å². The third-order valence-corrected chi connectivity index (χ3v) is 7.91. The molecule has 0 bridgehead atoms. The van der Waals surface area contributed by atoms with Crippen molar-refractivity contribution in [3.05, 3.63) is 28.3 Å². The molecule has 1 aliphatic heterocycles. The summed E-state index contributed by atoms with van der Waals surface area (Å²) in [5.41, 5.74) is 3.46. The van der Waals surface area contributed by atoms with Crippen molar-refractivity contribution in [3.8, 4) is 0 Å². The van der Waals surface area contributed by atoms with Gasteiger partial charge in [0, 0.05) is 33.1 Å². The zero-order chi connectivity index (χ0) is 22.1. The second-order valence-electron chi connectivity index (χ2n) is 8.24. The van der Waals surface area contributed by atoms with Crippen molar-refractivity contribution in [3.63, 3.8) is 0 Å². The second kappa shape index (κ2) is 8.83. The highest BCUT2D eigenvalue weighted by Gasteiger charge is 2.35. The van der Waals surface area contributed by atoms with Crippen molar-refractivity contribution >= 4 is 21.8 Å². The van der Waals surface area contributed by atoms with Crippen LogP contribution in [-0.4, -0.2) is 61.7 Å². The minimum Gasteiger partial charge on any atom is -0.344 e. The maximum Gasteiger partial charge on any atom is 0.245 e. The Labute approximate surface area is 174 Å². The maximum atomic E-state index is 13.4. The van der Waals surface area contributed by atoms with Crippen molar-refractivity contribution in [1.82, 2.24) is 14.5 Å². The van der Waals surface area contributed by atoms with E-state index in [0.29, 0.717) is 18.0 Å². The predicted octanol–water partition coefficient (Wildman–Crippen LogP) is 1.91. The van der Waals surface area contributed by atoms with Gasteiger partial charge in [-0.05, 0) is 55.9 Å². The van der Waals surface area contributed by atoms with E-state index in [1.807, 2.05) is 47.6 Å². The van der Waals surface area contributed by atoms with Gasteiger partial charge in [0.1, 0.15) is 6.04 Å². The molecule has 0 spiro atoms. The lowest BCUT2D eigenvalue weighted by Crippen LogP contribution is -2.57. The molecule has 1 unspecified atom stereocenters. The quantitative estimate of drug-likeness (QED) is 0.784. The van der Waals surface area contributed by atoms with Gasteiger partial charge < -0.3 is 10.2 Å². The number of rotatable bonds is 5. The van der Waals surface area contributed by atoms with E-state index in [0.717, 1.165) is 22.3 Å². The number of sulfonamides is 1. The van der Waals surface area contributed by atoms with E-state index < -0.39 is 16.1 Å². The number of hydrogen-bond acceptors (Lipinski definition) is 4. The minimum absolute atomic E-state index is 0.0475. The summed E-state index contributed by atoms with van der Waals surface area (Å²) in [6.45, 7) is 13.8. The fraction of sp³-hybridized carbons (Fsp3) is 0.619. The van der Waals surface area contributed by atoms with Crippen LogP contribution in [0.4, 0.5) is 0 Å². The van der Waals surface area contributed by atoms with Gasteiger partial charge in [0.15, 0.2) is 0 Å². The van der Waals surface area contributed by atoms with Gasteiger partial charge in [-0.1, -0.05) is 19.9 Å².